The number of benzene rings is 1. The predicted molar refractivity (Wildman–Crippen MR) is 79.9 cm³/mol. The molecule has 20 heavy (non-hydrogen) atoms. The monoisotopic (exact) mass is 291 g/mol. The smallest absolute Gasteiger partial charge is 0.168 e. The van der Waals surface area contributed by atoms with Crippen molar-refractivity contribution in [2.24, 2.45) is 0 Å². The molecule has 0 saturated heterocycles. The fourth-order valence-corrected chi connectivity index (χ4v) is 2.49. The molecule has 1 saturated carbocycles. The molecule has 0 aliphatic heterocycles. The average molecular weight is 292 g/mol. The van der Waals surface area contributed by atoms with Crippen LogP contribution in [0.1, 0.15) is 30.7 Å². The minimum absolute atomic E-state index is 0.0104. The summed E-state index contributed by atoms with van der Waals surface area (Å²) in [5.74, 6) is 0.423. The molecule has 0 amide bonds. The van der Waals surface area contributed by atoms with E-state index in [9.17, 15) is 9.59 Å². The first kappa shape index (κ1) is 14.8. The van der Waals surface area contributed by atoms with Crippen LogP contribution in [0.5, 0.6) is 0 Å². The Kier molecular flexibility index (Phi) is 5.36. The van der Waals surface area contributed by atoms with E-state index in [0.29, 0.717) is 30.8 Å². The van der Waals surface area contributed by atoms with Crippen LogP contribution in [0.3, 0.4) is 0 Å². The molecule has 1 aromatic rings. The van der Waals surface area contributed by atoms with Gasteiger partial charge < -0.3 is 5.32 Å². The zero-order valence-corrected chi connectivity index (χ0v) is 12.0. The van der Waals surface area contributed by atoms with Gasteiger partial charge in [0.1, 0.15) is 0 Å². The molecule has 0 heterocycles. The number of nitrogens with one attached hydrogen (secondary N) is 1. The molecule has 1 aromatic carbocycles. The molecule has 0 radical (unpaired) electrons. The molecule has 0 bridgehead atoms. The molecule has 1 aliphatic rings. The number of Topliss-reactive ketones (excluding diaryl/α,β-unsaturated/α-hetero) is 2. The van der Waals surface area contributed by atoms with Crippen molar-refractivity contribution < 1.29 is 9.59 Å². The number of rotatable bonds is 5. The third-order valence-electron chi connectivity index (χ3n) is 3.44. The van der Waals surface area contributed by atoms with Gasteiger partial charge in [0.25, 0.3) is 0 Å². The average Bonchev–Trinajstić information content (AvgIpc) is 2.46. The van der Waals surface area contributed by atoms with Crippen LogP contribution < -0.4 is 5.32 Å². The second-order valence-corrected chi connectivity index (χ2v) is 5.29. The Balaban J connectivity index is 2.02. The molecule has 0 atom stereocenters. The van der Waals surface area contributed by atoms with E-state index in [1.165, 1.54) is 0 Å². The van der Waals surface area contributed by atoms with E-state index in [1.54, 1.807) is 6.20 Å². The van der Waals surface area contributed by atoms with Crippen LogP contribution in [-0.4, -0.2) is 24.0 Å². The zero-order chi connectivity index (χ0) is 14.4. The Labute approximate surface area is 124 Å². The lowest BCUT2D eigenvalue weighted by Crippen LogP contribution is -2.26. The highest BCUT2D eigenvalue weighted by atomic mass is 35.5. The van der Waals surface area contributed by atoms with Gasteiger partial charge in [0, 0.05) is 31.5 Å². The topological polar surface area (TPSA) is 46.2 Å². The molecule has 1 aliphatic carbocycles. The van der Waals surface area contributed by atoms with Crippen LogP contribution in [0.4, 0.5) is 0 Å². The Morgan fingerprint density at radius 2 is 1.80 bits per heavy atom. The minimum Gasteiger partial charge on any atom is -0.390 e. The first-order chi connectivity index (χ1) is 9.72. The highest BCUT2D eigenvalue weighted by Crippen LogP contribution is 2.31. The first-order valence-electron chi connectivity index (χ1n) is 6.83. The Morgan fingerprint density at radius 1 is 1.15 bits per heavy atom. The molecular formula is C16H18ClNO2. The number of carbonyl (C=O) groups excluding carboxylic acids is 2. The summed E-state index contributed by atoms with van der Waals surface area (Å²) in [6, 6.07) is 9.74. The maximum absolute atomic E-state index is 12.1. The molecular weight excluding hydrogens is 274 g/mol. The molecule has 3 nitrogen and oxygen atoms in total. The molecule has 4 heteroatoms. The maximum Gasteiger partial charge on any atom is 0.168 e. The van der Waals surface area contributed by atoms with Crippen molar-refractivity contribution in [2.75, 3.05) is 12.4 Å². The van der Waals surface area contributed by atoms with Gasteiger partial charge in [0.05, 0.1) is 5.57 Å². The van der Waals surface area contributed by atoms with Gasteiger partial charge in [-0.2, -0.15) is 0 Å². The lowest BCUT2D eigenvalue weighted by molar-refractivity contribution is -0.124. The van der Waals surface area contributed by atoms with Gasteiger partial charge in [-0.15, -0.1) is 11.6 Å². The number of allylic oxidation sites excluding steroid dienone is 1. The first-order valence-corrected chi connectivity index (χ1v) is 7.36. The summed E-state index contributed by atoms with van der Waals surface area (Å²) in [5.41, 5.74) is 1.36. The van der Waals surface area contributed by atoms with Crippen molar-refractivity contribution in [2.45, 2.75) is 25.2 Å². The van der Waals surface area contributed by atoms with E-state index in [2.05, 4.69) is 5.32 Å². The fraction of sp³-hybridized carbons (Fsp3) is 0.375. The second-order valence-electron chi connectivity index (χ2n) is 4.92. The van der Waals surface area contributed by atoms with Crippen molar-refractivity contribution in [1.29, 1.82) is 0 Å². The summed E-state index contributed by atoms with van der Waals surface area (Å²) in [6.07, 6.45) is 3.16. The number of ketones is 2. The van der Waals surface area contributed by atoms with E-state index >= 15 is 0 Å². The van der Waals surface area contributed by atoms with E-state index in [4.69, 9.17) is 11.6 Å². The summed E-state index contributed by atoms with van der Waals surface area (Å²) < 4.78 is 0. The molecule has 1 fully saturated rings. The van der Waals surface area contributed by atoms with Gasteiger partial charge in [-0.25, -0.2) is 0 Å². The molecule has 106 valence electrons. The molecule has 0 spiro atoms. The number of hydrogen-bond acceptors (Lipinski definition) is 3. The van der Waals surface area contributed by atoms with Crippen LogP contribution in [-0.2, 0) is 9.59 Å². The SMILES string of the molecule is O=C1CC(c2ccccc2)CC(=O)C1=CNCCCCl. The number of alkyl halides is 1. The van der Waals surface area contributed by atoms with Gasteiger partial charge in [0.2, 0.25) is 0 Å². The van der Waals surface area contributed by atoms with Crippen molar-refractivity contribution in [3.05, 3.63) is 47.7 Å². The number of halogens is 1. The van der Waals surface area contributed by atoms with Gasteiger partial charge in [-0.05, 0) is 17.9 Å². The van der Waals surface area contributed by atoms with Crippen LogP contribution >= 0.6 is 11.6 Å². The van der Waals surface area contributed by atoms with Crippen molar-refractivity contribution in [1.82, 2.24) is 5.32 Å². The van der Waals surface area contributed by atoms with E-state index < -0.39 is 0 Å². The van der Waals surface area contributed by atoms with Gasteiger partial charge in [0.15, 0.2) is 11.6 Å². The third kappa shape index (κ3) is 3.70. The maximum atomic E-state index is 12.1. The standard InChI is InChI=1S/C16H18ClNO2/c17-7-4-8-18-11-14-15(19)9-13(10-16(14)20)12-5-2-1-3-6-12/h1-3,5-6,11,13,18H,4,7-10H2. The Hall–Kier alpha value is -1.61. The zero-order valence-electron chi connectivity index (χ0n) is 11.3. The largest absolute Gasteiger partial charge is 0.390 e. The molecule has 2 rings (SSSR count). The normalized spacial score (nSPS) is 19.1. The Morgan fingerprint density at radius 3 is 2.40 bits per heavy atom. The van der Waals surface area contributed by atoms with Gasteiger partial charge >= 0.3 is 0 Å². The molecule has 0 aromatic heterocycles. The van der Waals surface area contributed by atoms with Crippen LogP contribution in [0, 0.1) is 0 Å². The number of carbonyl (C=O) groups is 2. The van der Waals surface area contributed by atoms with Gasteiger partial charge in [-0.3, -0.25) is 9.59 Å². The van der Waals surface area contributed by atoms with E-state index in [1.807, 2.05) is 30.3 Å². The van der Waals surface area contributed by atoms with Crippen molar-refractivity contribution in [3.8, 4) is 0 Å². The third-order valence-corrected chi connectivity index (χ3v) is 3.70. The fourth-order valence-electron chi connectivity index (χ4n) is 2.36. The van der Waals surface area contributed by atoms with Gasteiger partial charge in [-0.1, -0.05) is 30.3 Å². The molecule has 0 unspecified atom stereocenters. The quantitative estimate of drug-likeness (QED) is 0.393. The summed E-state index contributed by atoms with van der Waals surface area (Å²) in [7, 11) is 0. The summed E-state index contributed by atoms with van der Waals surface area (Å²) >= 11 is 5.57. The van der Waals surface area contributed by atoms with Crippen LogP contribution in [0.2, 0.25) is 0 Å². The Bertz CT molecular complexity index is 490. The van der Waals surface area contributed by atoms with Crippen LogP contribution in [0.15, 0.2) is 42.1 Å². The summed E-state index contributed by atoms with van der Waals surface area (Å²) in [6.45, 7) is 0.676. The van der Waals surface area contributed by atoms with E-state index in [0.717, 1.165) is 12.0 Å². The molecule has 1 N–H and O–H groups in total. The predicted octanol–water partition coefficient (Wildman–Crippen LogP) is 2.80. The van der Waals surface area contributed by atoms with Crippen molar-refractivity contribution >= 4 is 23.2 Å². The van der Waals surface area contributed by atoms with E-state index in [-0.39, 0.29) is 17.5 Å². The minimum atomic E-state index is -0.0755. The highest BCUT2D eigenvalue weighted by Gasteiger charge is 2.31. The lowest BCUT2D eigenvalue weighted by atomic mass is 9.80. The summed E-state index contributed by atoms with van der Waals surface area (Å²) in [4.78, 5) is 24.2. The second kappa shape index (κ2) is 7.25. The van der Waals surface area contributed by atoms with Crippen LogP contribution in [0.25, 0.3) is 0 Å². The van der Waals surface area contributed by atoms with Crippen molar-refractivity contribution in [3.63, 3.8) is 0 Å². The highest BCUT2D eigenvalue weighted by molar-refractivity contribution is 6.22. The lowest BCUT2D eigenvalue weighted by Gasteiger charge is -2.22. The number of hydrogen-bond donors (Lipinski definition) is 1. The summed E-state index contributed by atoms with van der Waals surface area (Å²) in [5, 5.41) is 2.98.